The fourth-order valence-corrected chi connectivity index (χ4v) is 1.50. The van der Waals surface area contributed by atoms with Gasteiger partial charge in [0.1, 0.15) is 18.0 Å². The Hall–Kier alpha value is -1.36. The summed E-state index contributed by atoms with van der Waals surface area (Å²) in [6.45, 7) is 5.70. The summed E-state index contributed by atoms with van der Waals surface area (Å²) >= 11 is 0. The van der Waals surface area contributed by atoms with Gasteiger partial charge in [0.15, 0.2) is 0 Å². The molecule has 0 aliphatic rings. The fourth-order valence-electron chi connectivity index (χ4n) is 1.50. The van der Waals surface area contributed by atoms with Crippen LogP contribution in [-0.4, -0.2) is 41.8 Å². The van der Waals surface area contributed by atoms with E-state index in [0.29, 0.717) is 6.54 Å². The van der Waals surface area contributed by atoms with Crippen molar-refractivity contribution in [1.29, 1.82) is 0 Å². The van der Waals surface area contributed by atoms with Gasteiger partial charge in [-0.3, -0.25) is 0 Å². The van der Waals surface area contributed by atoms with Crippen LogP contribution in [0.25, 0.3) is 0 Å². The normalized spacial score (nSPS) is 10.2. The topological polar surface area (TPSA) is 61.3 Å². The van der Waals surface area contributed by atoms with E-state index in [4.69, 9.17) is 5.11 Å². The van der Waals surface area contributed by atoms with Crippen molar-refractivity contribution >= 4 is 11.6 Å². The molecule has 0 amide bonds. The summed E-state index contributed by atoms with van der Waals surface area (Å²) in [5, 5.41) is 12.2. The second-order valence-corrected chi connectivity index (χ2v) is 3.74. The van der Waals surface area contributed by atoms with Crippen molar-refractivity contribution in [2.45, 2.75) is 20.3 Å². The van der Waals surface area contributed by atoms with Crippen molar-refractivity contribution in [2.24, 2.45) is 0 Å². The van der Waals surface area contributed by atoms with Crippen LogP contribution in [0.4, 0.5) is 11.6 Å². The van der Waals surface area contributed by atoms with Crippen molar-refractivity contribution in [2.75, 3.05) is 37.0 Å². The Morgan fingerprint density at radius 1 is 1.44 bits per heavy atom. The van der Waals surface area contributed by atoms with Crippen molar-refractivity contribution in [3.63, 3.8) is 0 Å². The monoisotopic (exact) mass is 224 g/mol. The molecule has 0 atom stereocenters. The minimum atomic E-state index is 0.123. The number of anilines is 2. The molecule has 0 fully saturated rings. The minimum Gasteiger partial charge on any atom is -0.395 e. The van der Waals surface area contributed by atoms with Crippen LogP contribution in [-0.2, 0) is 0 Å². The summed E-state index contributed by atoms with van der Waals surface area (Å²) in [6.07, 6.45) is 2.61. The van der Waals surface area contributed by atoms with E-state index >= 15 is 0 Å². The second kappa shape index (κ2) is 6.27. The highest BCUT2D eigenvalue weighted by atomic mass is 16.3. The summed E-state index contributed by atoms with van der Waals surface area (Å²) in [5.74, 6) is 1.74. The van der Waals surface area contributed by atoms with Gasteiger partial charge in [0.25, 0.3) is 0 Å². The molecule has 16 heavy (non-hydrogen) atoms. The lowest BCUT2D eigenvalue weighted by molar-refractivity contribution is 0.304. The first-order chi connectivity index (χ1) is 7.70. The Morgan fingerprint density at radius 3 is 2.81 bits per heavy atom. The first-order valence-electron chi connectivity index (χ1n) is 5.58. The van der Waals surface area contributed by atoms with Crippen LogP contribution in [0.5, 0.6) is 0 Å². The van der Waals surface area contributed by atoms with E-state index in [1.807, 2.05) is 18.9 Å². The molecule has 0 saturated carbocycles. The van der Waals surface area contributed by atoms with Crippen molar-refractivity contribution < 1.29 is 5.11 Å². The minimum absolute atomic E-state index is 0.123. The molecule has 5 heteroatoms. The Labute approximate surface area is 96.5 Å². The van der Waals surface area contributed by atoms with Crippen molar-refractivity contribution in [1.82, 2.24) is 9.97 Å². The summed E-state index contributed by atoms with van der Waals surface area (Å²) in [4.78, 5) is 10.4. The van der Waals surface area contributed by atoms with Crippen LogP contribution in [0.1, 0.15) is 18.9 Å². The highest BCUT2D eigenvalue weighted by Crippen LogP contribution is 2.20. The lowest BCUT2D eigenvalue weighted by Crippen LogP contribution is -2.23. The van der Waals surface area contributed by atoms with Crippen LogP contribution >= 0.6 is 0 Å². The van der Waals surface area contributed by atoms with Gasteiger partial charge in [-0.15, -0.1) is 0 Å². The molecule has 0 spiro atoms. The molecule has 1 rings (SSSR count). The zero-order valence-corrected chi connectivity index (χ0v) is 10.2. The van der Waals surface area contributed by atoms with Crippen molar-refractivity contribution in [3.05, 3.63) is 11.9 Å². The van der Waals surface area contributed by atoms with Crippen LogP contribution < -0.4 is 10.2 Å². The number of hydrogen-bond acceptors (Lipinski definition) is 5. The second-order valence-electron chi connectivity index (χ2n) is 3.74. The van der Waals surface area contributed by atoms with Gasteiger partial charge in [-0.1, -0.05) is 6.92 Å². The number of aliphatic hydroxyl groups is 1. The number of likely N-dealkylation sites (N-methyl/N-ethyl adjacent to an activating group) is 1. The molecule has 2 N–H and O–H groups in total. The lowest BCUT2D eigenvalue weighted by atomic mass is 10.3. The van der Waals surface area contributed by atoms with Crippen LogP contribution in [0, 0.1) is 6.92 Å². The quantitative estimate of drug-likeness (QED) is 0.756. The molecular weight excluding hydrogens is 204 g/mol. The molecule has 0 radical (unpaired) electrons. The smallest absolute Gasteiger partial charge is 0.136 e. The summed E-state index contributed by atoms with van der Waals surface area (Å²) in [6, 6.07) is 0. The zero-order valence-electron chi connectivity index (χ0n) is 10.2. The van der Waals surface area contributed by atoms with E-state index in [9.17, 15) is 0 Å². The maximum absolute atomic E-state index is 8.90. The van der Waals surface area contributed by atoms with Gasteiger partial charge < -0.3 is 15.3 Å². The molecule has 5 nitrogen and oxygen atoms in total. The molecule has 90 valence electrons. The largest absolute Gasteiger partial charge is 0.395 e. The average Bonchev–Trinajstić information content (AvgIpc) is 2.28. The third kappa shape index (κ3) is 3.06. The number of aliphatic hydroxyl groups excluding tert-OH is 1. The lowest BCUT2D eigenvalue weighted by Gasteiger charge is -2.20. The van der Waals surface area contributed by atoms with Gasteiger partial charge in [-0.25, -0.2) is 9.97 Å². The number of nitrogens with zero attached hydrogens (tertiary/aromatic N) is 3. The van der Waals surface area contributed by atoms with Gasteiger partial charge in [-0.05, 0) is 13.3 Å². The molecule has 0 aromatic carbocycles. The predicted octanol–water partition coefficient (Wildman–Crippen LogP) is 1.04. The predicted molar refractivity (Wildman–Crippen MR) is 65.9 cm³/mol. The van der Waals surface area contributed by atoms with E-state index in [0.717, 1.165) is 30.2 Å². The van der Waals surface area contributed by atoms with Gasteiger partial charge in [0.05, 0.1) is 6.61 Å². The Bertz CT molecular complexity index is 330. The maximum Gasteiger partial charge on any atom is 0.136 e. The standard InChI is InChI=1S/C11H20N4O/c1-4-5-12-10-9(2)11(14-8-13-10)15(3)6-7-16/h8,16H,4-7H2,1-3H3,(H,12,13,14). The average molecular weight is 224 g/mol. The molecule has 1 aromatic heterocycles. The maximum atomic E-state index is 8.90. The molecule has 0 bridgehead atoms. The molecule has 0 saturated heterocycles. The van der Waals surface area contributed by atoms with Crippen molar-refractivity contribution in [3.8, 4) is 0 Å². The van der Waals surface area contributed by atoms with Crippen LogP contribution in [0.2, 0.25) is 0 Å². The van der Waals surface area contributed by atoms with E-state index in [1.54, 1.807) is 6.33 Å². The third-order valence-corrected chi connectivity index (χ3v) is 2.40. The highest BCUT2D eigenvalue weighted by Gasteiger charge is 2.09. The van der Waals surface area contributed by atoms with Gasteiger partial charge in [0.2, 0.25) is 0 Å². The van der Waals surface area contributed by atoms with E-state index in [1.165, 1.54) is 0 Å². The molecule has 1 heterocycles. The Balaban J connectivity index is 2.85. The van der Waals surface area contributed by atoms with Crippen LogP contribution in [0.15, 0.2) is 6.33 Å². The first kappa shape index (κ1) is 12.7. The fraction of sp³-hybridized carbons (Fsp3) is 0.636. The number of hydrogen-bond donors (Lipinski definition) is 2. The zero-order chi connectivity index (χ0) is 12.0. The molecule has 0 aliphatic carbocycles. The first-order valence-corrected chi connectivity index (χ1v) is 5.58. The SMILES string of the molecule is CCCNc1ncnc(N(C)CCO)c1C. The summed E-state index contributed by atoms with van der Waals surface area (Å²) in [7, 11) is 1.91. The third-order valence-electron chi connectivity index (χ3n) is 2.40. The Kier molecular flexibility index (Phi) is 4.98. The number of rotatable bonds is 6. The van der Waals surface area contributed by atoms with Gasteiger partial charge in [-0.2, -0.15) is 0 Å². The summed E-state index contributed by atoms with van der Waals surface area (Å²) in [5.41, 5.74) is 1.02. The van der Waals surface area contributed by atoms with E-state index in [-0.39, 0.29) is 6.61 Å². The number of nitrogens with one attached hydrogen (secondary N) is 1. The summed E-state index contributed by atoms with van der Waals surface area (Å²) < 4.78 is 0. The van der Waals surface area contributed by atoms with Gasteiger partial charge in [0, 0.05) is 25.7 Å². The molecule has 0 aliphatic heterocycles. The molecule has 1 aromatic rings. The van der Waals surface area contributed by atoms with Gasteiger partial charge >= 0.3 is 0 Å². The number of aromatic nitrogens is 2. The van der Waals surface area contributed by atoms with E-state index in [2.05, 4.69) is 22.2 Å². The molecule has 0 unspecified atom stereocenters. The van der Waals surface area contributed by atoms with Crippen LogP contribution in [0.3, 0.4) is 0 Å². The highest BCUT2D eigenvalue weighted by molar-refractivity contribution is 5.57. The Morgan fingerprint density at radius 2 is 2.19 bits per heavy atom. The van der Waals surface area contributed by atoms with E-state index < -0.39 is 0 Å². The molecular formula is C11H20N4O.